The lowest BCUT2D eigenvalue weighted by Crippen LogP contribution is -2.36. The number of allylic oxidation sites excluding steroid dienone is 2. The number of thioether (sulfide) groups is 1. The predicted octanol–water partition coefficient (Wildman–Crippen LogP) is 5.60. The zero-order valence-electron chi connectivity index (χ0n) is 17.8. The number of rotatable bonds is 6. The second-order valence-electron chi connectivity index (χ2n) is 8.49. The zero-order valence-corrected chi connectivity index (χ0v) is 20.2. The molecule has 2 aliphatic rings. The maximum absolute atomic E-state index is 13.4. The molecule has 1 aliphatic carbocycles. The van der Waals surface area contributed by atoms with Crippen LogP contribution in [0.2, 0.25) is 0 Å². The van der Waals surface area contributed by atoms with Gasteiger partial charge in [0.2, 0.25) is 11.1 Å². The normalized spacial score (nSPS) is 19.9. The minimum absolute atomic E-state index is 0.0878. The van der Waals surface area contributed by atoms with Crippen LogP contribution in [0, 0.1) is 5.41 Å². The van der Waals surface area contributed by atoms with Gasteiger partial charge < -0.3 is 10.1 Å². The van der Waals surface area contributed by atoms with E-state index >= 15 is 0 Å². The fourth-order valence-corrected chi connectivity index (χ4v) is 5.21. The lowest BCUT2D eigenvalue weighted by atomic mass is 9.73. The summed E-state index contributed by atoms with van der Waals surface area (Å²) in [5.41, 5.74) is 2.56. The van der Waals surface area contributed by atoms with Gasteiger partial charge in [-0.1, -0.05) is 48.5 Å². The molecule has 1 aromatic carbocycles. The largest absolute Gasteiger partial charge is 0.494 e. The molecule has 1 atom stereocenters. The highest BCUT2D eigenvalue weighted by Gasteiger charge is 2.42. The second kappa shape index (κ2) is 8.38. The quantitative estimate of drug-likeness (QED) is 0.531. The van der Waals surface area contributed by atoms with E-state index in [0.29, 0.717) is 19.0 Å². The molecule has 0 bridgehead atoms. The van der Waals surface area contributed by atoms with Gasteiger partial charge in [0.1, 0.15) is 11.8 Å². The summed E-state index contributed by atoms with van der Waals surface area (Å²) in [5.74, 6) is 2.56. The van der Waals surface area contributed by atoms with Crippen molar-refractivity contribution in [2.45, 2.75) is 58.2 Å². The van der Waals surface area contributed by atoms with Crippen molar-refractivity contribution in [3.63, 3.8) is 0 Å². The number of nitrogens with one attached hydrogen (secondary N) is 1. The summed E-state index contributed by atoms with van der Waals surface area (Å²) >= 11 is 5.23. The number of Topliss-reactive ketones (excluding diaryl/α,β-unsaturated/α-hetero) is 1. The lowest BCUT2D eigenvalue weighted by Gasteiger charge is -2.38. The number of hydrogen-bond acceptors (Lipinski definition) is 6. The second-order valence-corrected chi connectivity index (χ2v) is 10.5. The van der Waals surface area contributed by atoms with Gasteiger partial charge in [-0.05, 0) is 43.4 Å². The van der Waals surface area contributed by atoms with Gasteiger partial charge in [-0.3, -0.25) is 4.79 Å². The Balaban J connectivity index is 1.90. The van der Waals surface area contributed by atoms with Crippen molar-refractivity contribution < 1.29 is 9.53 Å². The van der Waals surface area contributed by atoms with Crippen molar-refractivity contribution in [1.29, 1.82) is 0 Å². The number of aromatic nitrogens is 3. The van der Waals surface area contributed by atoms with Gasteiger partial charge in [0, 0.05) is 33.5 Å². The minimum Gasteiger partial charge on any atom is -0.494 e. The van der Waals surface area contributed by atoms with Crippen LogP contribution in [0.15, 0.2) is 39.1 Å². The molecule has 0 saturated heterocycles. The first kappa shape index (κ1) is 21.4. The molecule has 30 heavy (non-hydrogen) atoms. The average Bonchev–Trinajstić information content (AvgIpc) is 3.07. The van der Waals surface area contributed by atoms with Crippen molar-refractivity contribution in [2.75, 3.05) is 17.7 Å². The molecule has 0 fully saturated rings. The smallest absolute Gasteiger partial charge is 0.227 e. The Morgan fingerprint density at radius 1 is 1.33 bits per heavy atom. The number of halogens is 1. The Morgan fingerprint density at radius 3 is 2.87 bits per heavy atom. The molecular formula is C22H27BrN4O2S. The van der Waals surface area contributed by atoms with Crippen molar-refractivity contribution in [3.05, 3.63) is 39.5 Å². The molecule has 160 valence electrons. The Labute approximate surface area is 190 Å². The van der Waals surface area contributed by atoms with E-state index in [-0.39, 0.29) is 17.2 Å². The number of anilines is 1. The number of carbonyl (C=O) groups is 1. The van der Waals surface area contributed by atoms with Gasteiger partial charge in [0.15, 0.2) is 5.78 Å². The molecule has 0 amide bonds. The summed E-state index contributed by atoms with van der Waals surface area (Å²) in [6.45, 7) is 8.93. The lowest BCUT2D eigenvalue weighted by molar-refractivity contribution is -0.118. The standard InChI is InChI=1S/C22H27BrN4O2S/c1-5-9-30-21-25-20-24-15-11-22(3,4)12-16(28)18(15)19(27(20)26-21)14-10-13(23)7-8-17(14)29-6-2/h7-8,10,19H,5-6,9,11-12H2,1-4H3,(H,24,25,26). The maximum Gasteiger partial charge on any atom is 0.227 e. The third-order valence-electron chi connectivity index (χ3n) is 5.31. The first-order valence-corrected chi connectivity index (χ1v) is 12.2. The number of ether oxygens (including phenoxy) is 1. The minimum atomic E-state index is -0.359. The van der Waals surface area contributed by atoms with Gasteiger partial charge >= 0.3 is 0 Å². The molecule has 0 radical (unpaired) electrons. The first-order chi connectivity index (χ1) is 14.3. The topological polar surface area (TPSA) is 69.0 Å². The van der Waals surface area contributed by atoms with Gasteiger partial charge in [0.25, 0.3) is 0 Å². The average molecular weight is 491 g/mol. The molecule has 4 rings (SSSR count). The summed E-state index contributed by atoms with van der Waals surface area (Å²) in [6, 6.07) is 5.58. The number of benzene rings is 1. The number of fused-ring (bicyclic) bond motifs is 1. The Hall–Kier alpha value is -1.80. The van der Waals surface area contributed by atoms with Gasteiger partial charge in [-0.15, -0.1) is 5.10 Å². The molecule has 0 spiro atoms. The molecule has 1 unspecified atom stereocenters. The Morgan fingerprint density at radius 2 is 2.13 bits per heavy atom. The van der Waals surface area contributed by atoms with E-state index < -0.39 is 0 Å². The maximum atomic E-state index is 13.4. The molecule has 8 heteroatoms. The highest BCUT2D eigenvalue weighted by Crippen LogP contribution is 2.47. The van der Waals surface area contributed by atoms with Crippen LogP contribution in [0.1, 0.15) is 58.6 Å². The Kier molecular flexibility index (Phi) is 5.99. The molecule has 1 aromatic heterocycles. The summed E-state index contributed by atoms with van der Waals surface area (Å²) in [5, 5.41) is 8.94. The van der Waals surface area contributed by atoms with Crippen LogP contribution in [-0.4, -0.2) is 32.9 Å². The fraction of sp³-hybridized carbons (Fsp3) is 0.500. The van der Waals surface area contributed by atoms with Crippen molar-refractivity contribution in [3.8, 4) is 5.75 Å². The third kappa shape index (κ3) is 4.04. The van der Waals surface area contributed by atoms with Crippen LogP contribution in [-0.2, 0) is 4.79 Å². The molecule has 1 N–H and O–H groups in total. The number of ketones is 1. The van der Waals surface area contributed by atoms with E-state index in [2.05, 4.69) is 42.0 Å². The van der Waals surface area contributed by atoms with Gasteiger partial charge in [0.05, 0.1) is 6.61 Å². The van der Waals surface area contributed by atoms with Crippen LogP contribution in [0.25, 0.3) is 0 Å². The van der Waals surface area contributed by atoms with Crippen LogP contribution in [0.3, 0.4) is 0 Å². The fourth-order valence-electron chi connectivity index (χ4n) is 4.15. The van der Waals surface area contributed by atoms with E-state index in [1.165, 1.54) is 0 Å². The number of hydrogen-bond donors (Lipinski definition) is 1. The SMILES string of the molecule is CCCSc1nc2n(n1)C(c1cc(Br)ccc1OCC)C1=C(CC(C)(C)CC1=O)N2. The van der Waals surface area contributed by atoms with E-state index in [9.17, 15) is 4.79 Å². The zero-order chi connectivity index (χ0) is 21.5. The van der Waals surface area contributed by atoms with Gasteiger partial charge in [-0.25, -0.2) is 4.68 Å². The molecule has 6 nitrogen and oxygen atoms in total. The van der Waals surface area contributed by atoms with Crippen LogP contribution in [0.5, 0.6) is 5.75 Å². The van der Waals surface area contributed by atoms with E-state index in [4.69, 9.17) is 14.8 Å². The highest BCUT2D eigenvalue weighted by molar-refractivity contribution is 9.10. The van der Waals surface area contributed by atoms with E-state index in [0.717, 1.165) is 50.8 Å². The van der Waals surface area contributed by atoms with E-state index in [1.807, 2.05) is 29.8 Å². The summed E-state index contributed by atoms with van der Waals surface area (Å²) < 4.78 is 8.74. The summed E-state index contributed by atoms with van der Waals surface area (Å²) in [4.78, 5) is 18.1. The monoisotopic (exact) mass is 490 g/mol. The molecule has 2 heterocycles. The van der Waals surface area contributed by atoms with E-state index in [1.54, 1.807) is 11.8 Å². The molecule has 0 saturated carbocycles. The van der Waals surface area contributed by atoms with Crippen LogP contribution < -0.4 is 10.1 Å². The predicted molar refractivity (Wildman–Crippen MR) is 123 cm³/mol. The van der Waals surface area contributed by atoms with Crippen molar-refractivity contribution >= 4 is 39.4 Å². The number of carbonyl (C=O) groups excluding carboxylic acids is 1. The summed E-state index contributed by atoms with van der Waals surface area (Å²) in [6.07, 6.45) is 2.36. The first-order valence-electron chi connectivity index (χ1n) is 10.4. The summed E-state index contributed by atoms with van der Waals surface area (Å²) in [7, 11) is 0. The van der Waals surface area contributed by atoms with Gasteiger partial charge in [-0.2, -0.15) is 4.98 Å². The molecule has 1 aliphatic heterocycles. The van der Waals surface area contributed by atoms with Crippen LogP contribution in [0.4, 0.5) is 5.95 Å². The Bertz CT molecular complexity index is 1010. The van der Waals surface area contributed by atoms with Crippen molar-refractivity contribution in [2.24, 2.45) is 5.41 Å². The van der Waals surface area contributed by atoms with Crippen molar-refractivity contribution in [1.82, 2.24) is 14.8 Å². The third-order valence-corrected chi connectivity index (χ3v) is 6.85. The van der Waals surface area contributed by atoms with Crippen LogP contribution >= 0.6 is 27.7 Å². The highest BCUT2D eigenvalue weighted by atomic mass is 79.9. The molecular weight excluding hydrogens is 464 g/mol. The number of nitrogens with zero attached hydrogens (tertiary/aromatic N) is 3. The molecule has 2 aromatic rings.